The second-order valence-corrected chi connectivity index (χ2v) is 5.93. The smallest absolute Gasteiger partial charge is 0.265 e. The number of nitrogens with one attached hydrogen (secondary N) is 1. The van der Waals surface area contributed by atoms with E-state index in [2.05, 4.69) is 5.32 Å². The molecule has 0 saturated carbocycles. The Morgan fingerprint density at radius 3 is 2.56 bits per heavy atom. The first-order valence-corrected chi connectivity index (χ1v) is 7.70. The Hall–Kier alpha value is -1.27. The van der Waals surface area contributed by atoms with Crippen molar-refractivity contribution in [2.75, 3.05) is 13.2 Å². The van der Waals surface area contributed by atoms with Crippen molar-refractivity contribution in [1.29, 1.82) is 0 Å². The lowest BCUT2D eigenvalue weighted by molar-refractivity contribution is 0.0955. The van der Waals surface area contributed by atoms with E-state index in [4.69, 9.17) is 15.4 Å². The molecular weight excluding hydrogens is 278 g/mol. The lowest BCUT2D eigenvalue weighted by Gasteiger charge is -2.09. The van der Waals surface area contributed by atoms with Crippen molar-refractivity contribution in [2.45, 2.75) is 18.7 Å². The van der Waals surface area contributed by atoms with Gasteiger partial charge in [0.15, 0.2) is 0 Å². The van der Waals surface area contributed by atoms with Gasteiger partial charge in [-0.3, -0.25) is 4.79 Å². The lowest BCUT2D eigenvalue weighted by Crippen LogP contribution is -2.22. The molecule has 0 aromatic heterocycles. The predicted molar refractivity (Wildman–Crippen MR) is 68.7 cm³/mol. The predicted octanol–water partition coefficient (Wildman–Crippen LogP) is 1.76. The minimum atomic E-state index is -3.96. The second kappa shape index (κ2) is 6.06. The molecule has 0 fully saturated rings. The maximum atomic E-state index is 11.6. The summed E-state index contributed by atoms with van der Waals surface area (Å²) in [7, 11) is 1.35. The number of benzene rings is 1. The van der Waals surface area contributed by atoms with Gasteiger partial charge in [0.25, 0.3) is 15.0 Å². The molecule has 18 heavy (non-hydrogen) atoms. The topological polar surface area (TPSA) is 72.5 Å². The molecule has 0 radical (unpaired) electrons. The zero-order valence-electron chi connectivity index (χ0n) is 10.1. The Balaban J connectivity index is 3.26. The van der Waals surface area contributed by atoms with E-state index in [0.29, 0.717) is 13.2 Å². The quantitative estimate of drug-likeness (QED) is 0.839. The average Bonchev–Trinajstić information content (AvgIpc) is 2.28. The first-order chi connectivity index (χ1) is 8.40. The monoisotopic (exact) mass is 291 g/mol. The molecule has 0 aliphatic carbocycles. The van der Waals surface area contributed by atoms with Crippen LogP contribution in [0.4, 0.5) is 0 Å². The average molecular weight is 292 g/mol. The number of carbonyl (C=O) groups is 1. The van der Waals surface area contributed by atoms with Crippen LogP contribution in [-0.4, -0.2) is 27.5 Å². The molecule has 0 spiro atoms. The van der Waals surface area contributed by atoms with Gasteiger partial charge in [-0.05, 0) is 32.0 Å². The molecule has 1 amide bonds. The van der Waals surface area contributed by atoms with Gasteiger partial charge in [0.1, 0.15) is 10.6 Å². The molecule has 0 atom stereocenters. The van der Waals surface area contributed by atoms with Crippen LogP contribution in [0.25, 0.3) is 0 Å². The number of ether oxygens (including phenoxy) is 1. The number of halogens is 1. The Labute approximate surface area is 111 Å². The van der Waals surface area contributed by atoms with Gasteiger partial charge < -0.3 is 10.1 Å². The molecule has 1 aromatic carbocycles. The van der Waals surface area contributed by atoms with E-state index in [1.807, 2.05) is 0 Å². The van der Waals surface area contributed by atoms with Crippen LogP contribution in [0, 0.1) is 0 Å². The van der Waals surface area contributed by atoms with Crippen LogP contribution in [0.3, 0.4) is 0 Å². The van der Waals surface area contributed by atoms with Crippen molar-refractivity contribution in [3.63, 3.8) is 0 Å². The Morgan fingerprint density at radius 2 is 2.06 bits per heavy atom. The van der Waals surface area contributed by atoms with Crippen LogP contribution in [0.5, 0.6) is 5.75 Å². The molecule has 0 aliphatic heterocycles. The number of hydrogen-bond donors (Lipinski definition) is 1. The van der Waals surface area contributed by atoms with E-state index in [9.17, 15) is 13.2 Å². The fraction of sp³-hybridized carbons (Fsp3) is 0.364. The zero-order chi connectivity index (χ0) is 13.8. The first-order valence-electron chi connectivity index (χ1n) is 5.39. The number of amides is 1. The first kappa shape index (κ1) is 14.8. The second-order valence-electron chi connectivity index (χ2n) is 3.39. The van der Waals surface area contributed by atoms with Gasteiger partial charge in [0, 0.05) is 22.8 Å². The minimum Gasteiger partial charge on any atom is -0.492 e. The fourth-order valence-corrected chi connectivity index (χ4v) is 2.37. The van der Waals surface area contributed by atoms with Gasteiger partial charge in [-0.15, -0.1) is 0 Å². The van der Waals surface area contributed by atoms with E-state index >= 15 is 0 Å². The number of hydrogen-bond acceptors (Lipinski definition) is 4. The van der Waals surface area contributed by atoms with Gasteiger partial charge in [0.05, 0.1) is 6.61 Å². The van der Waals surface area contributed by atoms with E-state index in [-0.39, 0.29) is 22.1 Å². The van der Waals surface area contributed by atoms with Crippen LogP contribution >= 0.6 is 10.7 Å². The van der Waals surface area contributed by atoms with Crippen molar-refractivity contribution >= 4 is 25.6 Å². The van der Waals surface area contributed by atoms with Crippen LogP contribution in [0.2, 0.25) is 0 Å². The summed E-state index contributed by atoms with van der Waals surface area (Å²) < 4.78 is 28.0. The van der Waals surface area contributed by atoms with Gasteiger partial charge in [-0.25, -0.2) is 8.42 Å². The summed E-state index contributed by atoms with van der Waals surface area (Å²) in [6.45, 7) is 4.25. The zero-order valence-corrected chi connectivity index (χ0v) is 11.6. The van der Waals surface area contributed by atoms with Crippen LogP contribution in [-0.2, 0) is 9.05 Å². The molecule has 100 valence electrons. The molecule has 0 bridgehead atoms. The van der Waals surface area contributed by atoms with Crippen LogP contribution < -0.4 is 10.1 Å². The minimum absolute atomic E-state index is 0.139. The highest BCUT2D eigenvalue weighted by Gasteiger charge is 2.19. The van der Waals surface area contributed by atoms with Crippen molar-refractivity contribution in [1.82, 2.24) is 5.32 Å². The van der Waals surface area contributed by atoms with Gasteiger partial charge in [0.2, 0.25) is 0 Å². The normalized spacial score (nSPS) is 11.1. The molecule has 1 rings (SSSR count). The van der Waals surface area contributed by atoms with Gasteiger partial charge >= 0.3 is 0 Å². The molecule has 0 saturated heterocycles. The van der Waals surface area contributed by atoms with Crippen LogP contribution in [0.15, 0.2) is 23.1 Å². The molecule has 0 unspecified atom stereocenters. The lowest BCUT2D eigenvalue weighted by atomic mass is 10.2. The fourth-order valence-electron chi connectivity index (χ4n) is 1.38. The standard InChI is InChI=1S/C11H14ClNO4S/c1-3-13-11(14)8-5-6-9(17-4-2)10(7-8)18(12,15)16/h5-7H,3-4H2,1-2H3,(H,13,14). The van der Waals surface area contributed by atoms with Crippen molar-refractivity contribution in [2.24, 2.45) is 0 Å². The molecule has 1 aromatic rings. The van der Waals surface area contributed by atoms with Gasteiger partial charge in [-0.2, -0.15) is 0 Å². The highest BCUT2D eigenvalue weighted by atomic mass is 35.7. The summed E-state index contributed by atoms with van der Waals surface area (Å²) in [5.74, 6) is -0.220. The molecule has 0 heterocycles. The summed E-state index contributed by atoms with van der Waals surface area (Å²) in [5.41, 5.74) is 0.222. The summed E-state index contributed by atoms with van der Waals surface area (Å²) in [6.07, 6.45) is 0. The van der Waals surface area contributed by atoms with E-state index in [1.54, 1.807) is 13.8 Å². The Morgan fingerprint density at radius 1 is 1.39 bits per heavy atom. The van der Waals surface area contributed by atoms with Crippen molar-refractivity contribution in [3.05, 3.63) is 23.8 Å². The van der Waals surface area contributed by atoms with E-state index in [1.165, 1.54) is 18.2 Å². The third-order valence-electron chi connectivity index (χ3n) is 2.11. The van der Waals surface area contributed by atoms with E-state index in [0.717, 1.165) is 0 Å². The molecule has 7 heteroatoms. The number of carbonyl (C=O) groups excluding carboxylic acids is 1. The Kier molecular flexibility index (Phi) is 4.98. The summed E-state index contributed by atoms with van der Waals surface area (Å²) in [5, 5.41) is 2.57. The number of rotatable bonds is 5. The third kappa shape index (κ3) is 3.61. The summed E-state index contributed by atoms with van der Waals surface area (Å²) in [4.78, 5) is 11.4. The SMILES string of the molecule is CCNC(=O)c1ccc(OCC)c(S(=O)(=O)Cl)c1. The van der Waals surface area contributed by atoms with Crippen LogP contribution in [0.1, 0.15) is 24.2 Å². The molecule has 1 N–H and O–H groups in total. The summed E-state index contributed by atoms with van der Waals surface area (Å²) >= 11 is 0. The summed E-state index contributed by atoms with van der Waals surface area (Å²) in [6, 6.07) is 4.11. The highest BCUT2D eigenvalue weighted by molar-refractivity contribution is 8.13. The molecular formula is C11H14ClNO4S. The van der Waals surface area contributed by atoms with Crippen molar-refractivity contribution in [3.8, 4) is 5.75 Å². The highest BCUT2D eigenvalue weighted by Crippen LogP contribution is 2.28. The largest absolute Gasteiger partial charge is 0.492 e. The van der Waals surface area contributed by atoms with Gasteiger partial charge in [-0.1, -0.05) is 0 Å². The molecule has 5 nitrogen and oxygen atoms in total. The van der Waals surface area contributed by atoms with Crippen molar-refractivity contribution < 1.29 is 17.9 Å². The van der Waals surface area contributed by atoms with E-state index < -0.39 is 9.05 Å². The maximum Gasteiger partial charge on any atom is 0.265 e. The maximum absolute atomic E-state index is 11.6. The third-order valence-corrected chi connectivity index (χ3v) is 3.45. The molecule has 0 aliphatic rings. The Bertz CT molecular complexity index is 542.